The third-order valence-corrected chi connectivity index (χ3v) is 3.93. The average molecular weight is 361 g/mol. The smallest absolute Gasteiger partial charge is 0.303 e. The zero-order chi connectivity index (χ0) is 18.3. The Morgan fingerprint density at radius 3 is 2.17 bits per heavy atom. The fraction of sp³-hybridized carbons (Fsp3) is 0.769. The molecule has 1 fully saturated rings. The Morgan fingerprint density at radius 2 is 1.71 bits per heavy atom. The van der Waals surface area contributed by atoms with E-state index in [4.69, 9.17) is 24.5 Å². The summed E-state index contributed by atoms with van der Waals surface area (Å²) in [5.41, 5.74) is 8.15. The van der Waals surface area contributed by atoms with Gasteiger partial charge in [0.15, 0.2) is 0 Å². The zero-order valence-corrected chi connectivity index (χ0v) is 14.5. The van der Waals surface area contributed by atoms with Crippen LogP contribution in [0.3, 0.4) is 0 Å². The number of thioether (sulfide) groups is 1. The van der Waals surface area contributed by atoms with Crippen molar-refractivity contribution in [1.29, 1.82) is 0 Å². The van der Waals surface area contributed by atoms with Gasteiger partial charge in [-0.15, -0.1) is 11.8 Å². The fourth-order valence-electron chi connectivity index (χ4n) is 2.26. The van der Waals surface area contributed by atoms with E-state index in [1.165, 1.54) is 32.5 Å². The lowest BCUT2D eigenvalue weighted by Crippen LogP contribution is -2.59. The van der Waals surface area contributed by atoms with Crippen molar-refractivity contribution in [3.05, 3.63) is 10.4 Å². The van der Waals surface area contributed by atoms with E-state index in [0.717, 1.165) is 0 Å². The number of carbonyl (C=O) groups excluding carboxylic acids is 3. The molecule has 0 aromatic heterocycles. The molecule has 5 atom stereocenters. The molecule has 134 valence electrons. The van der Waals surface area contributed by atoms with Crippen LogP contribution in [0.4, 0.5) is 0 Å². The maximum absolute atomic E-state index is 11.4. The lowest BCUT2D eigenvalue weighted by molar-refractivity contribution is -0.200. The molecule has 10 nitrogen and oxygen atoms in total. The molecule has 0 radical (unpaired) electrons. The van der Waals surface area contributed by atoms with Crippen LogP contribution >= 0.6 is 11.8 Å². The Labute approximate surface area is 142 Å². The lowest BCUT2D eigenvalue weighted by atomic mass is 9.97. The van der Waals surface area contributed by atoms with Gasteiger partial charge < -0.3 is 18.9 Å². The Kier molecular flexibility index (Phi) is 7.83. The molecule has 1 heterocycles. The van der Waals surface area contributed by atoms with E-state index in [1.807, 2.05) is 0 Å². The molecule has 0 bridgehead atoms. The van der Waals surface area contributed by atoms with Crippen LogP contribution in [-0.4, -0.2) is 60.6 Å². The molecule has 0 saturated carbocycles. The maximum atomic E-state index is 11.4. The standard InChI is InChI=1S/C13H19N3O7S/c1-6(17)20-5-9-11(21-7(2)18)10(15-16-14)12(22-8(3)19)13(23-9)24-4/h9-13H,5H2,1-4H3/t9-,10+,11+,12-,13+/m1/s1. The minimum atomic E-state index is -1.06. The maximum Gasteiger partial charge on any atom is 0.303 e. The Balaban J connectivity index is 3.17. The first-order valence-corrected chi connectivity index (χ1v) is 8.29. The molecule has 24 heavy (non-hydrogen) atoms. The third kappa shape index (κ3) is 5.59. The number of rotatable bonds is 6. The van der Waals surface area contributed by atoms with E-state index in [-0.39, 0.29) is 6.61 Å². The molecule has 1 aliphatic heterocycles. The van der Waals surface area contributed by atoms with Crippen molar-refractivity contribution in [2.75, 3.05) is 12.9 Å². The number of hydrogen-bond acceptors (Lipinski definition) is 9. The van der Waals surface area contributed by atoms with Crippen LogP contribution in [0.25, 0.3) is 10.4 Å². The Bertz CT molecular complexity index is 538. The van der Waals surface area contributed by atoms with Crippen LogP contribution in [0.2, 0.25) is 0 Å². The third-order valence-electron chi connectivity index (χ3n) is 3.09. The highest BCUT2D eigenvalue weighted by Crippen LogP contribution is 2.33. The summed E-state index contributed by atoms with van der Waals surface area (Å²) >= 11 is 1.22. The number of azide groups is 1. The van der Waals surface area contributed by atoms with Gasteiger partial charge in [-0.3, -0.25) is 14.4 Å². The van der Waals surface area contributed by atoms with E-state index in [0.29, 0.717) is 0 Å². The normalized spacial score (nSPS) is 29.1. The van der Waals surface area contributed by atoms with Crippen molar-refractivity contribution >= 4 is 29.7 Å². The van der Waals surface area contributed by atoms with Gasteiger partial charge in [0, 0.05) is 25.7 Å². The summed E-state index contributed by atoms with van der Waals surface area (Å²) in [5.74, 6) is -1.78. The minimum Gasteiger partial charge on any atom is -0.463 e. The second-order valence-corrected chi connectivity index (χ2v) is 5.86. The summed E-state index contributed by atoms with van der Waals surface area (Å²) in [6.07, 6.45) is -1.17. The Hall–Kier alpha value is -1.97. The molecule has 0 aliphatic carbocycles. The van der Waals surface area contributed by atoms with Gasteiger partial charge >= 0.3 is 17.9 Å². The topological polar surface area (TPSA) is 137 Å². The second-order valence-electron chi connectivity index (χ2n) is 4.92. The van der Waals surface area contributed by atoms with Gasteiger partial charge in [-0.25, -0.2) is 0 Å². The van der Waals surface area contributed by atoms with Gasteiger partial charge in [0.1, 0.15) is 36.4 Å². The molecule has 0 amide bonds. The molecule has 11 heteroatoms. The van der Waals surface area contributed by atoms with E-state index < -0.39 is 47.7 Å². The number of carbonyl (C=O) groups is 3. The summed E-state index contributed by atoms with van der Waals surface area (Å²) in [5, 5.41) is 3.62. The fourth-order valence-corrected chi connectivity index (χ4v) is 3.00. The van der Waals surface area contributed by atoms with E-state index in [1.54, 1.807) is 6.26 Å². The molecular weight excluding hydrogens is 342 g/mol. The van der Waals surface area contributed by atoms with Crippen LogP contribution in [-0.2, 0) is 33.3 Å². The van der Waals surface area contributed by atoms with Crippen LogP contribution in [0.15, 0.2) is 5.11 Å². The molecule has 1 aliphatic rings. The van der Waals surface area contributed by atoms with E-state index >= 15 is 0 Å². The largest absolute Gasteiger partial charge is 0.463 e. The molecule has 0 spiro atoms. The number of ether oxygens (including phenoxy) is 4. The highest BCUT2D eigenvalue weighted by Gasteiger charge is 2.49. The molecule has 0 aromatic rings. The quantitative estimate of drug-likeness (QED) is 0.226. The summed E-state index contributed by atoms with van der Waals surface area (Å²) in [6, 6.07) is -1.02. The molecule has 0 N–H and O–H groups in total. The van der Waals surface area contributed by atoms with Gasteiger partial charge in [-0.2, -0.15) is 0 Å². The number of nitrogens with zero attached hydrogens (tertiary/aromatic N) is 3. The average Bonchev–Trinajstić information content (AvgIpc) is 2.48. The predicted molar refractivity (Wildman–Crippen MR) is 82.9 cm³/mol. The first-order valence-electron chi connectivity index (χ1n) is 7.00. The highest BCUT2D eigenvalue weighted by atomic mass is 32.2. The molecule has 0 unspecified atom stereocenters. The van der Waals surface area contributed by atoms with Crippen LogP contribution in [0.1, 0.15) is 20.8 Å². The molecule has 1 saturated heterocycles. The number of hydrogen-bond donors (Lipinski definition) is 0. The minimum absolute atomic E-state index is 0.200. The molecular formula is C13H19N3O7S. The number of esters is 3. The zero-order valence-electron chi connectivity index (χ0n) is 13.7. The van der Waals surface area contributed by atoms with Gasteiger partial charge in [0.25, 0.3) is 0 Å². The van der Waals surface area contributed by atoms with Crippen molar-refractivity contribution < 1.29 is 33.3 Å². The summed E-state index contributed by atoms with van der Waals surface area (Å²) in [6.45, 7) is 3.41. The highest BCUT2D eigenvalue weighted by molar-refractivity contribution is 7.99. The van der Waals surface area contributed by atoms with Crippen LogP contribution < -0.4 is 0 Å². The molecule has 1 rings (SSSR count). The monoisotopic (exact) mass is 361 g/mol. The van der Waals surface area contributed by atoms with Crippen LogP contribution in [0, 0.1) is 0 Å². The first kappa shape index (κ1) is 20.1. The van der Waals surface area contributed by atoms with Gasteiger partial charge in [-0.05, 0) is 11.8 Å². The first-order chi connectivity index (χ1) is 11.3. The van der Waals surface area contributed by atoms with Gasteiger partial charge in [0.05, 0.1) is 0 Å². The van der Waals surface area contributed by atoms with E-state index in [9.17, 15) is 14.4 Å². The summed E-state index contributed by atoms with van der Waals surface area (Å²) in [7, 11) is 0. The van der Waals surface area contributed by atoms with Crippen molar-refractivity contribution in [1.82, 2.24) is 0 Å². The van der Waals surface area contributed by atoms with Crippen molar-refractivity contribution in [3.8, 4) is 0 Å². The second kappa shape index (κ2) is 9.36. The van der Waals surface area contributed by atoms with Crippen molar-refractivity contribution in [2.45, 2.75) is 50.6 Å². The van der Waals surface area contributed by atoms with E-state index in [2.05, 4.69) is 10.0 Å². The predicted octanol–water partition coefficient (Wildman–Crippen LogP) is 1.18. The van der Waals surface area contributed by atoms with Crippen LogP contribution in [0.5, 0.6) is 0 Å². The molecule has 0 aromatic carbocycles. The summed E-state index contributed by atoms with van der Waals surface area (Å²) < 4.78 is 21.0. The van der Waals surface area contributed by atoms with Gasteiger partial charge in [-0.1, -0.05) is 5.11 Å². The SMILES string of the molecule is CS[C@@H]1O[C@H](COC(C)=O)[C@H](OC(C)=O)[C@H](N=[N+]=[N-])[C@H]1OC(C)=O. The van der Waals surface area contributed by atoms with Gasteiger partial charge in [0.2, 0.25) is 0 Å². The Morgan fingerprint density at radius 1 is 1.12 bits per heavy atom. The summed E-state index contributed by atoms with van der Waals surface area (Å²) in [4.78, 5) is 36.5. The van der Waals surface area contributed by atoms with Crippen molar-refractivity contribution in [2.24, 2.45) is 5.11 Å². The van der Waals surface area contributed by atoms with Crippen molar-refractivity contribution in [3.63, 3.8) is 0 Å². The lowest BCUT2D eigenvalue weighted by Gasteiger charge is -2.43.